The molecule has 7 heteroatoms. The molecule has 0 saturated heterocycles. The van der Waals surface area contributed by atoms with Crippen LogP contribution in [0.15, 0.2) is 79.0 Å². The fraction of sp³-hybridized carbons (Fsp3) is 0.0800. The van der Waals surface area contributed by atoms with Crippen molar-refractivity contribution in [2.24, 2.45) is 0 Å². The summed E-state index contributed by atoms with van der Waals surface area (Å²) in [5.41, 5.74) is 1.37. The van der Waals surface area contributed by atoms with E-state index < -0.39 is 5.97 Å². The molecule has 1 heterocycles. The quantitative estimate of drug-likeness (QED) is 0.432. The second-order valence-electron chi connectivity index (χ2n) is 7.06. The molecule has 0 aliphatic heterocycles. The highest BCUT2D eigenvalue weighted by Crippen LogP contribution is 2.27. The first kappa shape index (κ1) is 20.9. The van der Waals surface area contributed by atoms with Gasteiger partial charge in [-0.25, -0.2) is 9.78 Å². The average Bonchev–Trinajstić information content (AvgIpc) is 2.80. The van der Waals surface area contributed by atoms with Gasteiger partial charge in [0.05, 0.1) is 24.8 Å². The van der Waals surface area contributed by atoms with Gasteiger partial charge in [0, 0.05) is 12.3 Å². The smallest absolute Gasteiger partial charge is 0.339 e. The number of aromatic hydroxyl groups is 1. The number of phenolic OH excluding ortho intramolecular Hbond substituents is 1. The summed E-state index contributed by atoms with van der Waals surface area (Å²) in [7, 11) is 1.29. The maximum absolute atomic E-state index is 12.4. The number of esters is 1. The number of benzene rings is 3. The summed E-state index contributed by atoms with van der Waals surface area (Å²) in [6, 6.07) is 20.7. The van der Waals surface area contributed by atoms with E-state index in [1.807, 2.05) is 18.2 Å². The third-order valence-electron chi connectivity index (χ3n) is 4.79. The number of ether oxygens (including phenoxy) is 2. The number of rotatable bonds is 6. The first-order chi connectivity index (χ1) is 15.5. The van der Waals surface area contributed by atoms with Gasteiger partial charge in [-0.15, -0.1) is 0 Å². The van der Waals surface area contributed by atoms with Gasteiger partial charge in [0.25, 0.3) is 0 Å². The molecule has 160 valence electrons. The summed E-state index contributed by atoms with van der Waals surface area (Å²) in [4.78, 5) is 28.5. The molecule has 32 heavy (non-hydrogen) atoms. The number of nitrogens with one attached hydrogen (secondary N) is 1. The summed E-state index contributed by atoms with van der Waals surface area (Å²) in [6.45, 7) is 0. The van der Waals surface area contributed by atoms with Gasteiger partial charge in [0.2, 0.25) is 11.8 Å². The van der Waals surface area contributed by atoms with Gasteiger partial charge in [-0.05, 0) is 52.7 Å². The van der Waals surface area contributed by atoms with Crippen LogP contribution in [0, 0.1) is 0 Å². The minimum absolute atomic E-state index is 0.0856. The molecule has 0 aliphatic rings. The molecule has 0 radical (unpaired) electrons. The molecule has 0 atom stereocenters. The highest BCUT2D eigenvalue weighted by Gasteiger charge is 2.13. The Morgan fingerprint density at radius 3 is 2.53 bits per heavy atom. The predicted molar refractivity (Wildman–Crippen MR) is 120 cm³/mol. The van der Waals surface area contributed by atoms with Crippen LogP contribution in [0.4, 0.5) is 5.69 Å². The summed E-state index contributed by atoms with van der Waals surface area (Å²) < 4.78 is 10.5. The zero-order valence-electron chi connectivity index (χ0n) is 17.2. The van der Waals surface area contributed by atoms with E-state index >= 15 is 0 Å². The molecule has 0 saturated carbocycles. The number of anilines is 1. The third kappa shape index (κ3) is 4.84. The molecule has 1 aromatic heterocycles. The van der Waals surface area contributed by atoms with Crippen molar-refractivity contribution in [3.05, 3.63) is 90.1 Å². The molecule has 0 bridgehead atoms. The van der Waals surface area contributed by atoms with Gasteiger partial charge in [-0.2, -0.15) is 0 Å². The number of carbonyl (C=O) groups is 2. The van der Waals surface area contributed by atoms with Crippen molar-refractivity contribution < 1.29 is 24.2 Å². The molecule has 1 amide bonds. The fourth-order valence-electron chi connectivity index (χ4n) is 3.23. The van der Waals surface area contributed by atoms with E-state index in [0.29, 0.717) is 22.9 Å². The van der Waals surface area contributed by atoms with Crippen molar-refractivity contribution in [2.45, 2.75) is 6.42 Å². The standard InChI is InChI=1S/C25H20N2O5/c1-31-25(30)21-4-2-3-5-22(21)27-23(29)12-16-6-11-24(26-15-16)32-20-10-8-17-13-19(28)9-7-18(17)14-20/h2-11,13-15,28H,12H2,1H3,(H,27,29). The number of aromatic nitrogens is 1. The lowest BCUT2D eigenvalue weighted by Gasteiger charge is -2.10. The Morgan fingerprint density at radius 2 is 1.75 bits per heavy atom. The minimum atomic E-state index is -0.519. The number of phenols is 1. The van der Waals surface area contributed by atoms with Crippen LogP contribution in [-0.2, 0) is 16.0 Å². The normalized spacial score (nSPS) is 10.5. The maximum Gasteiger partial charge on any atom is 0.339 e. The van der Waals surface area contributed by atoms with Crippen molar-refractivity contribution in [1.82, 2.24) is 4.98 Å². The number of para-hydroxylation sites is 1. The van der Waals surface area contributed by atoms with Crippen LogP contribution in [-0.4, -0.2) is 29.1 Å². The Hall–Kier alpha value is -4.39. The number of carbonyl (C=O) groups excluding carboxylic acids is 2. The lowest BCUT2D eigenvalue weighted by atomic mass is 10.1. The Labute approximate surface area is 184 Å². The van der Waals surface area contributed by atoms with Gasteiger partial charge in [0.15, 0.2) is 0 Å². The van der Waals surface area contributed by atoms with Crippen molar-refractivity contribution in [3.8, 4) is 17.4 Å². The zero-order chi connectivity index (χ0) is 22.5. The Kier molecular flexibility index (Phi) is 5.98. The highest BCUT2D eigenvalue weighted by atomic mass is 16.5. The van der Waals surface area contributed by atoms with E-state index in [9.17, 15) is 14.7 Å². The van der Waals surface area contributed by atoms with Crippen LogP contribution < -0.4 is 10.1 Å². The highest BCUT2D eigenvalue weighted by molar-refractivity contribution is 6.01. The van der Waals surface area contributed by atoms with E-state index in [4.69, 9.17) is 9.47 Å². The second kappa shape index (κ2) is 9.18. The monoisotopic (exact) mass is 428 g/mol. The van der Waals surface area contributed by atoms with E-state index in [-0.39, 0.29) is 23.6 Å². The molecule has 0 unspecified atom stereocenters. The van der Waals surface area contributed by atoms with E-state index in [0.717, 1.165) is 10.8 Å². The summed E-state index contributed by atoms with van der Waals surface area (Å²) >= 11 is 0. The summed E-state index contributed by atoms with van der Waals surface area (Å²) in [5, 5.41) is 14.1. The fourth-order valence-corrected chi connectivity index (χ4v) is 3.23. The van der Waals surface area contributed by atoms with Gasteiger partial charge in [-0.1, -0.05) is 30.3 Å². The van der Waals surface area contributed by atoms with Gasteiger partial charge in [-0.3, -0.25) is 4.79 Å². The van der Waals surface area contributed by atoms with Crippen LogP contribution in [0.25, 0.3) is 10.8 Å². The Morgan fingerprint density at radius 1 is 0.969 bits per heavy atom. The Bertz CT molecular complexity index is 1290. The van der Waals surface area contributed by atoms with E-state index in [1.54, 1.807) is 60.8 Å². The molecular weight excluding hydrogens is 408 g/mol. The number of hydrogen-bond acceptors (Lipinski definition) is 6. The maximum atomic E-state index is 12.4. The van der Waals surface area contributed by atoms with Crippen LogP contribution in [0.5, 0.6) is 17.4 Å². The van der Waals surface area contributed by atoms with Gasteiger partial charge >= 0.3 is 5.97 Å². The number of fused-ring (bicyclic) bond motifs is 1. The van der Waals surface area contributed by atoms with E-state index in [1.165, 1.54) is 7.11 Å². The molecule has 4 aromatic rings. The van der Waals surface area contributed by atoms with Crippen LogP contribution >= 0.6 is 0 Å². The molecule has 4 rings (SSSR count). The van der Waals surface area contributed by atoms with Crippen molar-refractivity contribution in [1.29, 1.82) is 0 Å². The van der Waals surface area contributed by atoms with Gasteiger partial charge < -0.3 is 19.9 Å². The SMILES string of the molecule is COC(=O)c1ccccc1NC(=O)Cc1ccc(Oc2ccc3cc(O)ccc3c2)nc1. The van der Waals surface area contributed by atoms with Crippen molar-refractivity contribution in [3.63, 3.8) is 0 Å². The molecule has 3 aromatic carbocycles. The topological polar surface area (TPSA) is 97.8 Å². The second-order valence-corrected chi connectivity index (χ2v) is 7.06. The lowest BCUT2D eigenvalue weighted by Crippen LogP contribution is -2.17. The first-order valence-corrected chi connectivity index (χ1v) is 9.84. The zero-order valence-corrected chi connectivity index (χ0v) is 17.2. The van der Waals surface area contributed by atoms with Crippen LogP contribution in [0.2, 0.25) is 0 Å². The molecule has 0 fully saturated rings. The van der Waals surface area contributed by atoms with E-state index in [2.05, 4.69) is 10.3 Å². The van der Waals surface area contributed by atoms with Crippen molar-refractivity contribution >= 4 is 28.3 Å². The van der Waals surface area contributed by atoms with Gasteiger partial charge in [0.1, 0.15) is 11.5 Å². The number of amides is 1. The number of methoxy groups -OCH3 is 1. The number of hydrogen-bond donors (Lipinski definition) is 2. The molecule has 0 aliphatic carbocycles. The van der Waals surface area contributed by atoms with Crippen LogP contribution in [0.1, 0.15) is 15.9 Å². The summed E-state index contributed by atoms with van der Waals surface area (Å²) in [6.07, 6.45) is 1.66. The first-order valence-electron chi connectivity index (χ1n) is 9.84. The molecule has 2 N–H and O–H groups in total. The average molecular weight is 428 g/mol. The molecule has 0 spiro atoms. The number of nitrogens with zero attached hydrogens (tertiary/aromatic N) is 1. The lowest BCUT2D eigenvalue weighted by molar-refractivity contribution is -0.115. The summed E-state index contributed by atoms with van der Waals surface area (Å²) in [5.74, 6) is 0.411. The Balaban J connectivity index is 1.40. The predicted octanol–water partition coefficient (Wildman–Crippen LogP) is 4.70. The molecular formula is C25H20N2O5. The number of pyridine rings is 1. The largest absolute Gasteiger partial charge is 0.508 e. The third-order valence-corrected chi connectivity index (χ3v) is 4.79. The van der Waals surface area contributed by atoms with Crippen LogP contribution in [0.3, 0.4) is 0 Å². The minimum Gasteiger partial charge on any atom is -0.508 e. The van der Waals surface area contributed by atoms with Crippen molar-refractivity contribution in [2.75, 3.05) is 12.4 Å². The molecule has 7 nitrogen and oxygen atoms in total.